The molecule has 106 valence electrons. The number of carbonyl (C=O) groups is 1. The van der Waals surface area contributed by atoms with E-state index in [0.29, 0.717) is 18.8 Å². The van der Waals surface area contributed by atoms with Gasteiger partial charge in [-0.3, -0.25) is 0 Å². The average molecular weight is 286 g/mol. The van der Waals surface area contributed by atoms with Gasteiger partial charge in [-0.05, 0) is 24.0 Å². The number of halogens is 1. The summed E-state index contributed by atoms with van der Waals surface area (Å²) in [5.74, 6) is -1.03. The van der Waals surface area contributed by atoms with Crippen molar-refractivity contribution in [1.82, 2.24) is 0 Å². The summed E-state index contributed by atoms with van der Waals surface area (Å²) >= 11 is 5.92. The van der Waals surface area contributed by atoms with Crippen molar-refractivity contribution >= 4 is 23.3 Å². The van der Waals surface area contributed by atoms with Crippen molar-refractivity contribution in [3.05, 3.63) is 28.8 Å². The highest BCUT2D eigenvalue weighted by Gasteiger charge is 2.20. The van der Waals surface area contributed by atoms with Crippen molar-refractivity contribution in [3.63, 3.8) is 0 Å². The van der Waals surface area contributed by atoms with Gasteiger partial charge >= 0.3 is 5.97 Å². The van der Waals surface area contributed by atoms with Crippen LogP contribution in [0.2, 0.25) is 5.02 Å². The molecular weight excluding hydrogens is 266 g/mol. The summed E-state index contributed by atoms with van der Waals surface area (Å²) in [5.41, 5.74) is 0.672. The van der Waals surface area contributed by atoms with Crippen molar-refractivity contribution in [3.8, 4) is 0 Å². The summed E-state index contributed by atoms with van der Waals surface area (Å²) in [4.78, 5) is 11.2. The first-order valence-electron chi connectivity index (χ1n) is 6.12. The molecule has 0 atom stereocenters. The van der Waals surface area contributed by atoms with Crippen LogP contribution in [0.1, 0.15) is 30.6 Å². The highest BCUT2D eigenvalue weighted by Crippen LogP contribution is 2.27. The Balaban J connectivity index is 2.78. The van der Waals surface area contributed by atoms with Crippen molar-refractivity contribution in [1.29, 1.82) is 0 Å². The van der Waals surface area contributed by atoms with E-state index in [1.54, 1.807) is 25.3 Å². The Hall–Kier alpha value is -1.26. The zero-order valence-corrected chi connectivity index (χ0v) is 12.3. The molecule has 0 aliphatic heterocycles. The van der Waals surface area contributed by atoms with Gasteiger partial charge in [-0.1, -0.05) is 31.5 Å². The fourth-order valence-corrected chi connectivity index (χ4v) is 1.95. The van der Waals surface area contributed by atoms with Gasteiger partial charge in [0.05, 0.1) is 10.7 Å². The van der Waals surface area contributed by atoms with Gasteiger partial charge in [-0.25, -0.2) is 4.79 Å². The van der Waals surface area contributed by atoms with E-state index in [2.05, 4.69) is 19.2 Å². The van der Waals surface area contributed by atoms with E-state index in [4.69, 9.17) is 16.3 Å². The fourth-order valence-electron chi connectivity index (χ4n) is 1.69. The van der Waals surface area contributed by atoms with Gasteiger partial charge in [0.2, 0.25) is 0 Å². The third-order valence-electron chi connectivity index (χ3n) is 2.97. The van der Waals surface area contributed by atoms with Gasteiger partial charge in [0.1, 0.15) is 5.56 Å². The standard InChI is InChI=1S/C14H20ClNO3/c1-14(2,7-8-19-3)9-16-11-6-4-5-10(15)12(11)13(17)18/h4-6,16H,7-9H2,1-3H3,(H,17,18). The second kappa shape index (κ2) is 6.78. The molecular formula is C14H20ClNO3. The summed E-state index contributed by atoms with van der Waals surface area (Å²) in [6.07, 6.45) is 0.888. The SMILES string of the molecule is COCCC(C)(C)CNc1cccc(Cl)c1C(=O)O. The summed E-state index contributed by atoms with van der Waals surface area (Å²) in [6.45, 7) is 5.53. The van der Waals surface area contributed by atoms with Crippen LogP contribution in [-0.4, -0.2) is 31.3 Å². The second-order valence-electron chi connectivity index (χ2n) is 5.23. The van der Waals surface area contributed by atoms with Crippen molar-refractivity contribution in [2.75, 3.05) is 25.6 Å². The van der Waals surface area contributed by atoms with Crippen molar-refractivity contribution in [2.24, 2.45) is 5.41 Å². The molecule has 1 aromatic rings. The third kappa shape index (κ3) is 4.73. The molecule has 0 saturated heterocycles. The van der Waals surface area contributed by atoms with Crippen LogP contribution in [0, 0.1) is 5.41 Å². The van der Waals surface area contributed by atoms with Crippen LogP contribution in [0.5, 0.6) is 0 Å². The number of aromatic carboxylic acids is 1. The van der Waals surface area contributed by atoms with Gasteiger partial charge in [-0.15, -0.1) is 0 Å². The maximum Gasteiger partial charge on any atom is 0.339 e. The minimum absolute atomic E-state index is 0.00804. The zero-order valence-electron chi connectivity index (χ0n) is 11.5. The lowest BCUT2D eigenvalue weighted by Crippen LogP contribution is -2.25. The first-order chi connectivity index (χ1) is 8.87. The Bertz CT molecular complexity index is 446. The van der Waals surface area contributed by atoms with E-state index in [1.807, 2.05) is 0 Å². The number of rotatable bonds is 7. The summed E-state index contributed by atoms with van der Waals surface area (Å²) in [6, 6.07) is 5.03. The molecule has 0 aromatic heterocycles. The highest BCUT2D eigenvalue weighted by atomic mass is 35.5. The molecule has 0 aliphatic carbocycles. The van der Waals surface area contributed by atoms with Gasteiger partial charge in [0.15, 0.2) is 0 Å². The quantitative estimate of drug-likeness (QED) is 0.805. The van der Waals surface area contributed by atoms with Gasteiger partial charge in [-0.2, -0.15) is 0 Å². The number of anilines is 1. The Kier molecular flexibility index (Phi) is 5.63. The number of carboxylic acids is 1. The fraction of sp³-hybridized carbons (Fsp3) is 0.500. The average Bonchev–Trinajstić information content (AvgIpc) is 2.33. The number of benzene rings is 1. The molecule has 1 rings (SSSR count). The number of methoxy groups -OCH3 is 1. The molecule has 0 bridgehead atoms. The summed E-state index contributed by atoms with van der Waals surface area (Å²) in [5, 5.41) is 12.6. The third-order valence-corrected chi connectivity index (χ3v) is 3.28. The van der Waals surface area contributed by atoms with E-state index in [9.17, 15) is 9.90 Å². The van der Waals surface area contributed by atoms with Gasteiger partial charge < -0.3 is 15.2 Å². The summed E-state index contributed by atoms with van der Waals surface area (Å²) < 4.78 is 5.07. The predicted octanol–water partition coefficient (Wildman–Crippen LogP) is 3.51. The van der Waals surface area contributed by atoms with E-state index >= 15 is 0 Å². The van der Waals surface area contributed by atoms with E-state index in [1.165, 1.54) is 0 Å². The smallest absolute Gasteiger partial charge is 0.339 e. The molecule has 0 saturated carbocycles. The second-order valence-corrected chi connectivity index (χ2v) is 5.64. The van der Waals surface area contributed by atoms with Gasteiger partial charge in [0, 0.05) is 20.3 Å². The Morgan fingerprint density at radius 1 is 1.47 bits per heavy atom. The largest absolute Gasteiger partial charge is 0.478 e. The molecule has 19 heavy (non-hydrogen) atoms. The molecule has 0 unspecified atom stereocenters. The van der Waals surface area contributed by atoms with Crippen LogP contribution in [0.3, 0.4) is 0 Å². The first-order valence-corrected chi connectivity index (χ1v) is 6.50. The molecule has 5 heteroatoms. The van der Waals surface area contributed by atoms with E-state index < -0.39 is 5.97 Å². The molecule has 0 amide bonds. The monoisotopic (exact) mass is 285 g/mol. The molecule has 0 heterocycles. The molecule has 1 aromatic carbocycles. The molecule has 0 spiro atoms. The predicted molar refractivity (Wildman–Crippen MR) is 77.2 cm³/mol. The Morgan fingerprint density at radius 2 is 2.16 bits per heavy atom. The number of ether oxygens (including phenoxy) is 1. The summed E-state index contributed by atoms with van der Waals surface area (Å²) in [7, 11) is 1.67. The van der Waals surface area contributed by atoms with Crippen LogP contribution in [0.15, 0.2) is 18.2 Å². The zero-order chi connectivity index (χ0) is 14.5. The topological polar surface area (TPSA) is 58.6 Å². The highest BCUT2D eigenvalue weighted by molar-refractivity contribution is 6.34. The minimum Gasteiger partial charge on any atom is -0.478 e. The molecule has 4 nitrogen and oxygen atoms in total. The Labute approximate surface area is 118 Å². The molecule has 0 radical (unpaired) electrons. The maximum absolute atomic E-state index is 11.2. The van der Waals surface area contributed by atoms with Crippen LogP contribution in [-0.2, 0) is 4.74 Å². The maximum atomic E-state index is 11.2. The van der Waals surface area contributed by atoms with E-state index in [0.717, 1.165) is 6.42 Å². The lowest BCUT2D eigenvalue weighted by molar-refractivity contribution is 0.0698. The van der Waals surface area contributed by atoms with Crippen LogP contribution >= 0.6 is 11.6 Å². The van der Waals surface area contributed by atoms with Gasteiger partial charge in [0.25, 0.3) is 0 Å². The minimum atomic E-state index is -1.03. The number of nitrogens with one attached hydrogen (secondary N) is 1. The Morgan fingerprint density at radius 3 is 2.74 bits per heavy atom. The number of hydrogen-bond acceptors (Lipinski definition) is 3. The molecule has 0 fully saturated rings. The lowest BCUT2D eigenvalue weighted by atomic mass is 9.89. The molecule has 0 aliphatic rings. The van der Waals surface area contributed by atoms with Crippen molar-refractivity contribution in [2.45, 2.75) is 20.3 Å². The number of carboxylic acid groups (broad SMARTS) is 1. The first kappa shape index (κ1) is 15.8. The van der Waals surface area contributed by atoms with Crippen LogP contribution in [0.4, 0.5) is 5.69 Å². The number of hydrogen-bond donors (Lipinski definition) is 2. The lowest BCUT2D eigenvalue weighted by Gasteiger charge is -2.25. The van der Waals surface area contributed by atoms with E-state index in [-0.39, 0.29) is 16.0 Å². The normalized spacial score (nSPS) is 11.4. The molecule has 2 N–H and O–H groups in total. The van der Waals surface area contributed by atoms with Crippen LogP contribution in [0.25, 0.3) is 0 Å². The van der Waals surface area contributed by atoms with Crippen molar-refractivity contribution < 1.29 is 14.6 Å². The van der Waals surface area contributed by atoms with Crippen LogP contribution < -0.4 is 5.32 Å².